The van der Waals surface area contributed by atoms with Crippen molar-refractivity contribution in [2.75, 3.05) is 17.2 Å². The third kappa shape index (κ3) is 4.89. The van der Waals surface area contributed by atoms with Crippen LogP contribution in [-0.2, 0) is 11.0 Å². The van der Waals surface area contributed by atoms with Crippen LogP contribution in [0.3, 0.4) is 0 Å². The molecule has 2 aromatic carbocycles. The van der Waals surface area contributed by atoms with Gasteiger partial charge in [0.2, 0.25) is 5.91 Å². The second-order valence-electron chi connectivity index (χ2n) is 5.23. The molecule has 0 aliphatic heterocycles. The highest BCUT2D eigenvalue weighted by Crippen LogP contribution is 2.34. The van der Waals surface area contributed by atoms with E-state index in [4.69, 9.17) is 11.6 Å². The molecule has 0 fully saturated rings. The fraction of sp³-hybridized carbons (Fsp3) is 0.235. The Balaban J connectivity index is 1.92. The molecule has 0 aromatic heterocycles. The van der Waals surface area contributed by atoms with Gasteiger partial charge in [0, 0.05) is 29.4 Å². The predicted octanol–water partition coefficient (Wildman–Crippen LogP) is 5.11. The molecule has 24 heavy (non-hydrogen) atoms. The molecule has 2 aromatic rings. The molecule has 0 saturated heterocycles. The van der Waals surface area contributed by atoms with Crippen molar-refractivity contribution in [1.82, 2.24) is 0 Å². The van der Waals surface area contributed by atoms with Gasteiger partial charge in [-0.05, 0) is 42.8 Å². The van der Waals surface area contributed by atoms with Gasteiger partial charge in [-0.1, -0.05) is 23.7 Å². The average Bonchev–Trinajstić information content (AvgIpc) is 2.49. The van der Waals surface area contributed by atoms with Gasteiger partial charge in [-0.3, -0.25) is 4.79 Å². The first kappa shape index (κ1) is 18.1. The highest BCUT2D eigenvalue weighted by molar-refractivity contribution is 6.30. The maximum atomic E-state index is 12.9. The molecular formula is C17H16ClF3N2O. The van der Waals surface area contributed by atoms with Crippen LogP contribution >= 0.6 is 11.6 Å². The predicted molar refractivity (Wildman–Crippen MR) is 89.4 cm³/mol. The quantitative estimate of drug-likeness (QED) is 0.781. The normalized spacial score (nSPS) is 11.2. The van der Waals surface area contributed by atoms with Crippen molar-refractivity contribution in [3.8, 4) is 0 Å². The number of carbonyl (C=O) groups is 1. The lowest BCUT2D eigenvalue weighted by Crippen LogP contribution is -2.18. The standard InChI is InChI=1S/C17H16ClF3N2O/c1-11-10-12(18)6-7-14(11)23-16(24)8-9-22-15-5-3-2-4-13(15)17(19,20)21/h2-7,10,22H,8-9H2,1H3,(H,23,24). The van der Waals surface area contributed by atoms with E-state index in [0.29, 0.717) is 10.7 Å². The first-order valence-electron chi connectivity index (χ1n) is 7.23. The summed E-state index contributed by atoms with van der Waals surface area (Å²) in [6.45, 7) is 1.89. The number of benzene rings is 2. The molecular weight excluding hydrogens is 341 g/mol. The minimum Gasteiger partial charge on any atom is -0.384 e. The smallest absolute Gasteiger partial charge is 0.384 e. The Morgan fingerprint density at radius 3 is 2.50 bits per heavy atom. The number of hydrogen-bond donors (Lipinski definition) is 2. The van der Waals surface area contributed by atoms with E-state index in [2.05, 4.69) is 10.6 Å². The van der Waals surface area contributed by atoms with E-state index in [9.17, 15) is 18.0 Å². The highest BCUT2D eigenvalue weighted by Gasteiger charge is 2.32. The molecule has 0 aliphatic rings. The molecule has 2 rings (SSSR count). The minimum atomic E-state index is -4.44. The third-order valence-corrected chi connectivity index (χ3v) is 3.60. The van der Waals surface area contributed by atoms with Crippen LogP contribution in [0.2, 0.25) is 5.02 Å². The van der Waals surface area contributed by atoms with Crippen molar-refractivity contribution < 1.29 is 18.0 Å². The average molecular weight is 357 g/mol. The molecule has 3 nitrogen and oxygen atoms in total. The molecule has 0 atom stereocenters. The van der Waals surface area contributed by atoms with Crippen molar-refractivity contribution in [2.24, 2.45) is 0 Å². The Bertz CT molecular complexity index is 732. The zero-order valence-corrected chi connectivity index (χ0v) is 13.6. The van der Waals surface area contributed by atoms with E-state index in [0.717, 1.165) is 11.6 Å². The van der Waals surface area contributed by atoms with Crippen molar-refractivity contribution in [1.29, 1.82) is 0 Å². The van der Waals surface area contributed by atoms with Gasteiger partial charge in [0.1, 0.15) is 0 Å². The SMILES string of the molecule is Cc1cc(Cl)ccc1NC(=O)CCNc1ccccc1C(F)(F)F. The lowest BCUT2D eigenvalue weighted by Gasteiger charge is -2.14. The molecule has 0 heterocycles. The van der Waals surface area contributed by atoms with E-state index in [1.807, 2.05) is 0 Å². The summed E-state index contributed by atoms with van der Waals surface area (Å²) in [4.78, 5) is 11.9. The van der Waals surface area contributed by atoms with E-state index >= 15 is 0 Å². The van der Waals surface area contributed by atoms with E-state index in [1.165, 1.54) is 18.2 Å². The molecule has 0 saturated carbocycles. The maximum absolute atomic E-state index is 12.9. The van der Waals surface area contributed by atoms with Crippen LogP contribution in [0.5, 0.6) is 0 Å². The maximum Gasteiger partial charge on any atom is 0.418 e. The molecule has 0 aliphatic carbocycles. The first-order valence-corrected chi connectivity index (χ1v) is 7.61. The number of anilines is 2. The summed E-state index contributed by atoms with van der Waals surface area (Å²) in [6, 6.07) is 10.2. The molecule has 7 heteroatoms. The van der Waals surface area contributed by atoms with Gasteiger partial charge in [0.25, 0.3) is 0 Å². The molecule has 0 spiro atoms. The van der Waals surface area contributed by atoms with Gasteiger partial charge in [0.15, 0.2) is 0 Å². The van der Waals surface area contributed by atoms with Gasteiger partial charge in [-0.15, -0.1) is 0 Å². The topological polar surface area (TPSA) is 41.1 Å². The number of carbonyl (C=O) groups excluding carboxylic acids is 1. The van der Waals surface area contributed by atoms with Gasteiger partial charge in [0.05, 0.1) is 5.56 Å². The zero-order valence-electron chi connectivity index (χ0n) is 12.9. The van der Waals surface area contributed by atoms with Crippen LogP contribution in [0, 0.1) is 6.92 Å². The third-order valence-electron chi connectivity index (χ3n) is 3.36. The summed E-state index contributed by atoms with van der Waals surface area (Å²) in [5.74, 6) is -0.294. The number of nitrogens with one attached hydrogen (secondary N) is 2. The number of para-hydroxylation sites is 1. The number of amides is 1. The summed E-state index contributed by atoms with van der Waals surface area (Å²) in [5.41, 5.74) is 0.644. The van der Waals surface area contributed by atoms with Crippen LogP contribution in [-0.4, -0.2) is 12.5 Å². The summed E-state index contributed by atoms with van der Waals surface area (Å²) >= 11 is 5.84. The lowest BCUT2D eigenvalue weighted by molar-refractivity contribution is -0.137. The van der Waals surface area contributed by atoms with Crippen molar-refractivity contribution in [3.63, 3.8) is 0 Å². The van der Waals surface area contributed by atoms with Crippen LogP contribution in [0.15, 0.2) is 42.5 Å². The van der Waals surface area contributed by atoms with E-state index in [-0.39, 0.29) is 24.6 Å². The van der Waals surface area contributed by atoms with Crippen LogP contribution < -0.4 is 10.6 Å². The molecule has 0 radical (unpaired) electrons. The Labute approximate surface area is 142 Å². The van der Waals surface area contributed by atoms with Crippen molar-refractivity contribution in [2.45, 2.75) is 19.5 Å². The van der Waals surface area contributed by atoms with Gasteiger partial charge >= 0.3 is 6.18 Å². The molecule has 2 N–H and O–H groups in total. The van der Waals surface area contributed by atoms with Crippen LogP contribution in [0.4, 0.5) is 24.5 Å². The largest absolute Gasteiger partial charge is 0.418 e. The Kier molecular flexibility index (Phi) is 5.72. The monoisotopic (exact) mass is 356 g/mol. The van der Waals surface area contributed by atoms with Crippen molar-refractivity contribution in [3.05, 3.63) is 58.6 Å². The van der Waals surface area contributed by atoms with E-state index in [1.54, 1.807) is 25.1 Å². The Morgan fingerprint density at radius 1 is 1.12 bits per heavy atom. The van der Waals surface area contributed by atoms with Crippen molar-refractivity contribution >= 4 is 28.9 Å². The molecule has 0 unspecified atom stereocenters. The molecule has 128 valence electrons. The summed E-state index contributed by atoms with van der Waals surface area (Å²) in [5, 5.41) is 5.93. The first-order chi connectivity index (χ1) is 11.3. The fourth-order valence-corrected chi connectivity index (χ4v) is 2.40. The highest BCUT2D eigenvalue weighted by atomic mass is 35.5. The Hall–Kier alpha value is -2.21. The second kappa shape index (κ2) is 7.57. The lowest BCUT2D eigenvalue weighted by atomic mass is 10.1. The van der Waals surface area contributed by atoms with E-state index < -0.39 is 11.7 Å². The zero-order chi connectivity index (χ0) is 17.7. The summed E-state index contributed by atoms with van der Waals surface area (Å²) in [6.07, 6.45) is -4.40. The number of hydrogen-bond acceptors (Lipinski definition) is 2. The van der Waals surface area contributed by atoms with Crippen LogP contribution in [0.25, 0.3) is 0 Å². The Morgan fingerprint density at radius 2 is 1.83 bits per heavy atom. The fourth-order valence-electron chi connectivity index (χ4n) is 2.18. The van der Waals surface area contributed by atoms with Gasteiger partial charge < -0.3 is 10.6 Å². The summed E-state index contributed by atoms with van der Waals surface area (Å²) < 4.78 is 38.6. The van der Waals surface area contributed by atoms with Crippen LogP contribution in [0.1, 0.15) is 17.5 Å². The minimum absolute atomic E-state index is 0.0360. The second-order valence-corrected chi connectivity index (χ2v) is 5.66. The number of aryl methyl sites for hydroxylation is 1. The van der Waals surface area contributed by atoms with Gasteiger partial charge in [-0.25, -0.2) is 0 Å². The molecule has 0 bridgehead atoms. The number of alkyl halides is 3. The van der Waals surface area contributed by atoms with Gasteiger partial charge in [-0.2, -0.15) is 13.2 Å². The summed E-state index contributed by atoms with van der Waals surface area (Å²) in [7, 11) is 0. The number of rotatable bonds is 5. The number of halogens is 4. The molecule has 1 amide bonds.